The van der Waals surface area contributed by atoms with Gasteiger partial charge in [0.05, 0.1) is 5.69 Å². The highest BCUT2D eigenvalue weighted by Gasteiger charge is 2.19. The number of rotatable bonds is 8. The van der Waals surface area contributed by atoms with Gasteiger partial charge in [-0.15, -0.1) is 0 Å². The van der Waals surface area contributed by atoms with Gasteiger partial charge in [0.25, 0.3) is 5.91 Å². The van der Waals surface area contributed by atoms with Crippen molar-refractivity contribution in [2.45, 2.75) is 20.0 Å². The van der Waals surface area contributed by atoms with E-state index < -0.39 is 6.67 Å². The van der Waals surface area contributed by atoms with Gasteiger partial charge in [-0.1, -0.05) is 35.6 Å². The number of nitrogens with zero attached hydrogens (tertiary/aromatic N) is 4. The molecule has 9 nitrogen and oxygen atoms in total. The third-order valence-corrected chi connectivity index (χ3v) is 7.61. The van der Waals surface area contributed by atoms with Crippen molar-refractivity contribution in [1.29, 1.82) is 0 Å². The molecular formula is C29H29FN6O3S. The summed E-state index contributed by atoms with van der Waals surface area (Å²) in [4.78, 5) is 50.7. The Bertz CT molecular complexity index is 1550. The van der Waals surface area contributed by atoms with Crippen LogP contribution in [0.3, 0.4) is 0 Å². The van der Waals surface area contributed by atoms with E-state index >= 15 is 0 Å². The predicted octanol–water partition coefficient (Wildman–Crippen LogP) is 4.57. The second kappa shape index (κ2) is 12.3. The van der Waals surface area contributed by atoms with Crippen molar-refractivity contribution in [3.8, 4) is 11.3 Å². The summed E-state index contributed by atoms with van der Waals surface area (Å²) >= 11 is 1.29. The van der Waals surface area contributed by atoms with Crippen LogP contribution in [0.2, 0.25) is 0 Å². The van der Waals surface area contributed by atoms with E-state index in [2.05, 4.69) is 20.5 Å². The first-order valence-electron chi connectivity index (χ1n) is 13.0. The number of pyridine rings is 1. The number of halogens is 1. The second-order valence-corrected chi connectivity index (χ2v) is 10.5. The molecule has 1 saturated heterocycles. The molecule has 1 aliphatic heterocycles. The molecule has 0 aliphatic carbocycles. The average Bonchev–Trinajstić information content (AvgIpc) is 3.38. The molecular weight excluding hydrogens is 531 g/mol. The first-order valence-corrected chi connectivity index (χ1v) is 13.8. The van der Waals surface area contributed by atoms with Crippen LogP contribution in [0.5, 0.6) is 0 Å². The number of anilines is 2. The van der Waals surface area contributed by atoms with E-state index in [-0.39, 0.29) is 17.7 Å². The molecule has 40 heavy (non-hydrogen) atoms. The van der Waals surface area contributed by atoms with Crippen molar-refractivity contribution in [1.82, 2.24) is 19.8 Å². The Labute approximate surface area is 235 Å². The minimum absolute atomic E-state index is 0.0838. The van der Waals surface area contributed by atoms with Gasteiger partial charge < -0.3 is 15.5 Å². The maximum absolute atomic E-state index is 13.0. The number of thiazole rings is 1. The first kappa shape index (κ1) is 27.4. The zero-order valence-corrected chi connectivity index (χ0v) is 22.8. The zero-order chi connectivity index (χ0) is 28.1. The minimum atomic E-state index is -0.600. The van der Waals surface area contributed by atoms with Crippen molar-refractivity contribution in [3.63, 3.8) is 0 Å². The molecule has 0 bridgehead atoms. The number of fused-ring (bicyclic) bond motifs is 1. The largest absolute Gasteiger partial charge is 0.340 e. The van der Waals surface area contributed by atoms with Crippen molar-refractivity contribution in [3.05, 3.63) is 71.8 Å². The lowest BCUT2D eigenvalue weighted by Crippen LogP contribution is -2.48. The van der Waals surface area contributed by atoms with Gasteiger partial charge in [-0.2, -0.15) is 0 Å². The van der Waals surface area contributed by atoms with Crippen LogP contribution in [-0.2, 0) is 16.3 Å². The van der Waals surface area contributed by atoms with E-state index in [4.69, 9.17) is 4.98 Å². The molecule has 2 aromatic heterocycles. The number of hydrogen-bond donors (Lipinski definition) is 2. The zero-order valence-electron chi connectivity index (χ0n) is 22.0. The van der Waals surface area contributed by atoms with Crippen LogP contribution in [0.25, 0.3) is 21.6 Å². The quantitative estimate of drug-likeness (QED) is 0.327. The maximum Gasteiger partial charge on any atom is 0.255 e. The molecule has 3 heterocycles. The molecule has 0 radical (unpaired) electrons. The van der Waals surface area contributed by atoms with Crippen molar-refractivity contribution >= 4 is 50.2 Å². The number of benzene rings is 2. The van der Waals surface area contributed by atoms with E-state index in [0.717, 1.165) is 18.7 Å². The van der Waals surface area contributed by atoms with E-state index in [0.29, 0.717) is 64.0 Å². The molecule has 0 saturated carbocycles. The van der Waals surface area contributed by atoms with Crippen LogP contribution < -0.4 is 10.6 Å². The molecule has 0 atom stereocenters. The van der Waals surface area contributed by atoms with Crippen LogP contribution in [0.15, 0.2) is 60.7 Å². The number of aromatic nitrogens is 2. The Morgan fingerprint density at radius 1 is 0.950 bits per heavy atom. The molecule has 2 N–H and O–H groups in total. The van der Waals surface area contributed by atoms with Gasteiger partial charge in [0, 0.05) is 62.9 Å². The molecule has 1 aliphatic rings. The van der Waals surface area contributed by atoms with E-state index in [9.17, 15) is 18.8 Å². The topological polar surface area (TPSA) is 108 Å². The molecule has 0 spiro atoms. The Kier molecular flexibility index (Phi) is 8.42. The molecule has 4 aromatic rings. The van der Waals surface area contributed by atoms with Crippen LogP contribution >= 0.6 is 11.3 Å². The van der Waals surface area contributed by atoms with Crippen molar-refractivity contribution in [2.24, 2.45) is 0 Å². The molecule has 11 heteroatoms. The van der Waals surface area contributed by atoms with E-state index in [1.807, 2.05) is 23.1 Å². The maximum atomic E-state index is 13.0. The summed E-state index contributed by atoms with van der Waals surface area (Å²) in [5.74, 6) is -0.341. The summed E-state index contributed by atoms with van der Waals surface area (Å²) in [7, 11) is 0. The number of hydrogen-bond acceptors (Lipinski definition) is 7. The smallest absolute Gasteiger partial charge is 0.255 e. The SMILES string of the molecule is CC(=O)N1CCN(CCC(=O)Nc2nc3ccc(-c4cccc(C(=O)Nc5cccc(CF)c5)c4)nc3s2)CC1. The van der Waals surface area contributed by atoms with Gasteiger partial charge in [0.1, 0.15) is 17.0 Å². The summed E-state index contributed by atoms with van der Waals surface area (Å²) in [5.41, 5.74) is 3.58. The fraction of sp³-hybridized carbons (Fsp3) is 0.276. The van der Waals surface area contributed by atoms with E-state index in [1.165, 1.54) is 11.3 Å². The second-order valence-electron chi connectivity index (χ2n) is 9.55. The highest BCUT2D eigenvalue weighted by molar-refractivity contribution is 7.22. The standard InChI is InChI=1S/C29H29FN6O3S/c1-19(37)36-14-12-35(13-15-36)11-10-26(38)34-29-33-25-9-8-24(32-28(25)40-29)21-5-3-6-22(17-21)27(39)31-23-7-2-4-20(16-23)18-30/h2-9,16-17H,10-15,18H2,1H3,(H,31,39)(H,33,34,38). The van der Waals surface area contributed by atoms with Crippen molar-refractivity contribution in [2.75, 3.05) is 43.4 Å². The molecule has 206 valence electrons. The van der Waals surface area contributed by atoms with Gasteiger partial charge in [-0.3, -0.25) is 19.3 Å². The highest BCUT2D eigenvalue weighted by Crippen LogP contribution is 2.28. The fourth-order valence-electron chi connectivity index (χ4n) is 4.51. The fourth-order valence-corrected chi connectivity index (χ4v) is 5.37. The number of alkyl halides is 1. The number of piperazine rings is 1. The van der Waals surface area contributed by atoms with Crippen LogP contribution in [0, 0.1) is 0 Å². The average molecular weight is 561 g/mol. The summed E-state index contributed by atoms with van der Waals surface area (Å²) in [6, 6.07) is 17.5. The Morgan fingerprint density at radius 3 is 2.52 bits per heavy atom. The van der Waals surface area contributed by atoms with Gasteiger partial charge in [-0.25, -0.2) is 14.4 Å². The lowest BCUT2D eigenvalue weighted by molar-refractivity contribution is -0.130. The monoisotopic (exact) mass is 560 g/mol. The number of amides is 3. The number of carbonyl (C=O) groups excluding carboxylic acids is 3. The summed E-state index contributed by atoms with van der Waals surface area (Å²) in [6.07, 6.45) is 0.335. The Morgan fingerprint density at radius 2 is 1.75 bits per heavy atom. The molecule has 0 unspecified atom stereocenters. The van der Waals surface area contributed by atoms with E-state index in [1.54, 1.807) is 49.4 Å². The minimum Gasteiger partial charge on any atom is -0.340 e. The summed E-state index contributed by atoms with van der Waals surface area (Å²) in [5, 5.41) is 6.16. The first-order chi connectivity index (χ1) is 19.4. The summed E-state index contributed by atoms with van der Waals surface area (Å²) < 4.78 is 13.0. The lowest BCUT2D eigenvalue weighted by Gasteiger charge is -2.33. The van der Waals surface area contributed by atoms with Gasteiger partial charge >= 0.3 is 0 Å². The third kappa shape index (κ3) is 6.67. The molecule has 5 rings (SSSR count). The van der Waals surface area contributed by atoms with Gasteiger partial charge in [0.15, 0.2) is 5.13 Å². The summed E-state index contributed by atoms with van der Waals surface area (Å²) in [6.45, 7) is 4.49. The van der Waals surface area contributed by atoms with Crippen LogP contribution in [0.1, 0.15) is 29.3 Å². The predicted molar refractivity (Wildman–Crippen MR) is 154 cm³/mol. The number of nitrogens with one attached hydrogen (secondary N) is 2. The molecule has 3 amide bonds. The lowest BCUT2D eigenvalue weighted by atomic mass is 10.1. The molecule has 2 aromatic carbocycles. The third-order valence-electron chi connectivity index (χ3n) is 6.73. The molecule has 1 fully saturated rings. The van der Waals surface area contributed by atoms with Crippen LogP contribution in [0.4, 0.5) is 15.2 Å². The Balaban J connectivity index is 1.21. The Hall–Kier alpha value is -4.22. The van der Waals surface area contributed by atoms with Gasteiger partial charge in [-0.05, 0) is 42.0 Å². The normalized spacial score (nSPS) is 13.8. The number of carbonyl (C=O) groups is 3. The van der Waals surface area contributed by atoms with Crippen LogP contribution in [-0.4, -0.2) is 70.2 Å². The van der Waals surface area contributed by atoms with Crippen molar-refractivity contribution < 1.29 is 18.8 Å². The van der Waals surface area contributed by atoms with Gasteiger partial charge in [0.2, 0.25) is 11.8 Å². The highest BCUT2D eigenvalue weighted by atomic mass is 32.1.